The highest BCUT2D eigenvalue weighted by atomic mass is 16.5. The molecule has 2 heterocycles. The van der Waals surface area contributed by atoms with Crippen molar-refractivity contribution in [3.63, 3.8) is 0 Å². The molecule has 1 aliphatic heterocycles. The van der Waals surface area contributed by atoms with Crippen LogP contribution in [0.1, 0.15) is 36.0 Å². The SMILES string of the molecule is CCc1cc2c3c4c1ccn4COCC3CC2. The molecule has 2 heteroatoms. The van der Waals surface area contributed by atoms with Crippen molar-refractivity contribution in [1.29, 1.82) is 0 Å². The van der Waals surface area contributed by atoms with Gasteiger partial charge in [-0.15, -0.1) is 0 Å². The fourth-order valence-electron chi connectivity index (χ4n) is 3.55. The minimum atomic E-state index is 0.634. The molecule has 0 amide bonds. The lowest BCUT2D eigenvalue weighted by Crippen LogP contribution is -2.02. The summed E-state index contributed by atoms with van der Waals surface area (Å²) in [7, 11) is 0. The predicted molar refractivity (Wildman–Crippen MR) is 68.3 cm³/mol. The summed E-state index contributed by atoms with van der Waals surface area (Å²) >= 11 is 0. The minimum Gasteiger partial charge on any atom is -0.360 e. The van der Waals surface area contributed by atoms with E-state index in [2.05, 4.69) is 29.8 Å². The number of hydrogen-bond donors (Lipinski definition) is 0. The molecular weight excluding hydrogens is 210 g/mol. The Bertz CT molecular complexity index is 596. The second kappa shape index (κ2) is 3.36. The number of nitrogens with zero attached hydrogens (tertiary/aromatic N) is 1. The van der Waals surface area contributed by atoms with Gasteiger partial charge in [0.2, 0.25) is 0 Å². The van der Waals surface area contributed by atoms with Gasteiger partial charge in [0.1, 0.15) is 6.73 Å². The summed E-state index contributed by atoms with van der Waals surface area (Å²) in [6, 6.07) is 4.70. The summed E-state index contributed by atoms with van der Waals surface area (Å²) in [6.45, 7) is 3.87. The minimum absolute atomic E-state index is 0.634. The summed E-state index contributed by atoms with van der Waals surface area (Å²) in [5, 5.41) is 1.45. The molecule has 2 nitrogen and oxygen atoms in total. The molecular formula is C15H17NO. The van der Waals surface area contributed by atoms with Crippen LogP contribution in [0.3, 0.4) is 0 Å². The molecule has 0 fully saturated rings. The molecule has 1 atom stereocenters. The summed E-state index contributed by atoms with van der Waals surface area (Å²) in [5.74, 6) is 0.634. The molecule has 2 aliphatic rings. The first-order chi connectivity index (χ1) is 8.38. The third-order valence-corrected chi connectivity index (χ3v) is 4.36. The molecule has 1 aromatic carbocycles. The van der Waals surface area contributed by atoms with Crippen molar-refractivity contribution in [3.05, 3.63) is 35.0 Å². The van der Waals surface area contributed by atoms with Crippen LogP contribution in [-0.4, -0.2) is 11.2 Å². The van der Waals surface area contributed by atoms with Crippen LogP contribution in [0.5, 0.6) is 0 Å². The first-order valence-corrected chi connectivity index (χ1v) is 6.59. The Hall–Kier alpha value is -1.28. The Morgan fingerprint density at radius 2 is 2.41 bits per heavy atom. The maximum atomic E-state index is 5.80. The highest BCUT2D eigenvalue weighted by Gasteiger charge is 2.29. The van der Waals surface area contributed by atoms with Crippen LogP contribution >= 0.6 is 0 Å². The Morgan fingerprint density at radius 3 is 3.29 bits per heavy atom. The fraction of sp³-hybridized carbons (Fsp3) is 0.467. The molecule has 1 aromatic heterocycles. The summed E-state index contributed by atoms with van der Waals surface area (Å²) in [4.78, 5) is 0. The van der Waals surface area contributed by atoms with Crippen molar-refractivity contribution in [1.82, 2.24) is 4.57 Å². The molecule has 0 saturated carbocycles. The Balaban J connectivity index is 2.15. The van der Waals surface area contributed by atoms with E-state index in [9.17, 15) is 0 Å². The third kappa shape index (κ3) is 1.19. The van der Waals surface area contributed by atoms with Gasteiger partial charge in [0.25, 0.3) is 0 Å². The normalized spacial score (nSPS) is 22.1. The number of hydrogen-bond acceptors (Lipinski definition) is 1. The van der Waals surface area contributed by atoms with Crippen LogP contribution in [0.2, 0.25) is 0 Å². The average molecular weight is 227 g/mol. The second-order valence-electron chi connectivity index (χ2n) is 5.25. The molecule has 0 radical (unpaired) electrons. The molecule has 17 heavy (non-hydrogen) atoms. The fourth-order valence-corrected chi connectivity index (χ4v) is 3.55. The molecule has 0 spiro atoms. The van der Waals surface area contributed by atoms with Crippen molar-refractivity contribution in [2.24, 2.45) is 0 Å². The van der Waals surface area contributed by atoms with E-state index in [1.807, 2.05) is 0 Å². The summed E-state index contributed by atoms with van der Waals surface area (Å²) in [5.41, 5.74) is 6.11. The molecule has 0 N–H and O–H groups in total. The van der Waals surface area contributed by atoms with Gasteiger partial charge in [-0.05, 0) is 42.0 Å². The predicted octanol–water partition coefficient (Wildman–Crippen LogP) is 3.22. The molecule has 4 rings (SSSR count). The van der Waals surface area contributed by atoms with Gasteiger partial charge < -0.3 is 9.30 Å². The summed E-state index contributed by atoms with van der Waals surface area (Å²) in [6.07, 6.45) is 5.81. The maximum Gasteiger partial charge on any atom is 0.122 e. The zero-order valence-corrected chi connectivity index (χ0v) is 10.2. The lowest BCUT2D eigenvalue weighted by Gasteiger charge is -2.11. The van der Waals surface area contributed by atoms with Gasteiger partial charge in [-0.3, -0.25) is 0 Å². The van der Waals surface area contributed by atoms with Gasteiger partial charge in [-0.1, -0.05) is 13.0 Å². The molecule has 0 saturated heterocycles. The van der Waals surface area contributed by atoms with Gasteiger partial charge in [0, 0.05) is 17.5 Å². The third-order valence-electron chi connectivity index (χ3n) is 4.36. The maximum absolute atomic E-state index is 5.80. The van der Waals surface area contributed by atoms with E-state index in [4.69, 9.17) is 4.74 Å². The number of aromatic nitrogens is 1. The number of ether oxygens (including phenoxy) is 1. The van der Waals surface area contributed by atoms with Crippen LogP contribution in [0, 0.1) is 0 Å². The molecule has 1 unspecified atom stereocenters. The lowest BCUT2D eigenvalue weighted by atomic mass is 9.96. The van der Waals surface area contributed by atoms with E-state index in [0.29, 0.717) is 5.92 Å². The molecule has 2 aromatic rings. The summed E-state index contributed by atoms with van der Waals surface area (Å²) < 4.78 is 8.09. The van der Waals surface area contributed by atoms with Gasteiger partial charge in [0.05, 0.1) is 12.1 Å². The zero-order valence-electron chi connectivity index (χ0n) is 10.2. The zero-order chi connectivity index (χ0) is 11.4. The lowest BCUT2D eigenvalue weighted by molar-refractivity contribution is 0.0736. The van der Waals surface area contributed by atoms with E-state index in [-0.39, 0.29) is 0 Å². The monoisotopic (exact) mass is 227 g/mol. The van der Waals surface area contributed by atoms with Crippen LogP contribution in [0.4, 0.5) is 0 Å². The number of benzene rings is 1. The van der Waals surface area contributed by atoms with E-state index in [0.717, 1.165) is 19.8 Å². The highest BCUT2D eigenvalue weighted by molar-refractivity contribution is 5.89. The van der Waals surface area contributed by atoms with Crippen molar-refractivity contribution in [2.45, 2.75) is 38.8 Å². The Morgan fingerprint density at radius 1 is 1.47 bits per heavy atom. The van der Waals surface area contributed by atoms with E-state index in [1.54, 1.807) is 11.1 Å². The highest BCUT2D eigenvalue weighted by Crippen LogP contribution is 2.41. The molecule has 0 bridgehead atoms. The smallest absolute Gasteiger partial charge is 0.122 e. The first kappa shape index (κ1) is 9.72. The second-order valence-corrected chi connectivity index (χ2v) is 5.25. The molecule has 1 aliphatic carbocycles. The van der Waals surface area contributed by atoms with Crippen LogP contribution in [0.15, 0.2) is 18.3 Å². The number of rotatable bonds is 1. The van der Waals surface area contributed by atoms with Gasteiger partial charge in [-0.25, -0.2) is 0 Å². The molecule has 88 valence electrons. The Kier molecular flexibility index (Phi) is 1.92. The van der Waals surface area contributed by atoms with Gasteiger partial charge in [0.15, 0.2) is 0 Å². The van der Waals surface area contributed by atoms with E-state index in [1.165, 1.54) is 29.3 Å². The van der Waals surface area contributed by atoms with E-state index >= 15 is 0 Å². The van der Waals surface area contributed by atoms with Crippen molar-refractivity contribution < 1.29 is 4.74 Å². The van der Waals surface area contributed by atoms with Crippen molar-refractivity contribution >= 4 is 10.9 Å². The first-order valence-electron chi connectivity index (χ1n) is 6.59. The van der Waals surface area contributed by atoms with Crippen LogP contribution < -0.4 is 0 Å². The van der Waals surface area contributed by atoms with Crippen molar-refractivity contribution in [2.75, 3.05) is 6.61 Å². The van der Waals surface area contributed by atoms with Crippen LogP contribution in [-0.2, 0) is 24.3 Å². The van der Waals surface area contributed by atoms with Crippen LogP contribution in [0.25, 0.3) is 10.9 Å². The largest absolute Gasteiger partial charge is 0.360 e. The number of aryl methyl sites for hydroxylation is 2. The van der Waals surface area contributed by atoms with Gasteiger partial charge >= 0.3 is 0 Å². The standard InChI is InChI=1S/C15H17NO/c1-2-10-7-11-3-4-12-8-17-9-16-6-5-13(10)15(16)14(11)12/h5-7,12H,2-4,8-9H2,1H3. The Labute approximate surface area is 101 Å². The van der Waals surface area contributed by atoms with E-state index < -0.39 is 0 Å². The topological polar surface area (TPSA) is 14.2 Å². The van der Waals surface area contributed by atoms with Crippen molar-refractivity contribution in [3.8, 4) is 0 Å². The quantitative estimate of drug-likeness (QED) is 0.729. The average Bonchev–Trinajstić information content (AvgIpc) is 2.88. The van der Waals surface area contributed by atoms with Gasteiger partial charge in [-0.2, -0.15) is 0 Å².